The summed E-state index contributed by atoms with van der Waals surface area (Å²) in [7, 11) is 0. The Labute approximate surface area is 133 Å². The number of fused-ring (bicyclic) bond motifs is 2. The number of aromatic nitrogens is 2. The van der Waals surface area contributed by atoms with Crippen molar-refractivity contribution in [1.29, 1.82) is 0 Å². The molecule has 2 aliphatic heterocycles. The van der Waals surface area contributed by atoms with Gasteiger partial charge in [0.15, 0.2) is 0 Å². The fraction of sp³-hybridized carbons (Fsp3) is 0.500. The first-order valence-corrected chi connectivity index (χ1v) is 7.76. The molecule has 3 heterocycles. The standard InChI is InChI=1S/C16H19N3O4/c1-8-17-10-3-2-9(4-11(10)18-8)5-14(21)19-12-6-22-16-13(20)7-23-15(12)16/h2-4,12-13,15-16,20H,5-7H2,1H3,(H,17,18)(H,19,21)/t12-,13-,15-,16-/m1/s1. The van der Waals surface area contributed by atoms with Gasteiger partial charge in [0.05, 0.1) is 36.7 Å². The van der Waals surface area contributed by atoms with Crippen molar-refractivity contribution >= 4 is 16.9 Å². The number of aliphatic hydroxyl groups excluding tert-OH is 1. The van der Waals surface area contributed by atoms with Crippen LogP contribution in [0.4, 0.5) is 0 Å². The molecule has 2 saturated heterocycles. The van der Waals surface area contributed by atoms with Crippen LogP contribution in [-0.2, 0) is 20.7 Å². The number of aliphatic hydroxyl groups is 1. The Hall–Kier alpha value is -1.96. The van der Waals surface area contributed by atoms with Crippen molar-refractivity contribution in [2.24, 2.45) is 0 Å². The number of nitrogens with one attached hydrogen (secondary N) is 2. The quantitative estimate of drug-likeness (QED) is 0.744. The average molecular weight is 317 g/mol. The number of H-pyrrole nitrogens is 1. The molecular formula is C16H19N3O4. The van der Waals surface area contributed by atoms with E-state index in [1.165, 1.54) is 0 Å². The molecule has 0 spiro atoms. The Kier molecular flexibility index (Phi) is 3.56. The number of imidazole rings is 1. The van der Waals surface area contributed by atoms with Gasteiger partial charge >= 0.3 is 0 Å². The maximum absolute atomic E-state index is 12.3. The Balaban J connectivity index is 1.41. The molecule has 1 aromatic carbocycles. The number of carbonyl (C=O) groups is 1. The monoisotopic (exact) mass is 317 g/mol. The molecule has 0 bridgehead atoms. The normalized spacial score (nSPS) is 29.8. The van der Waals surface area contributed by atoms with Crippen molar-refractivity contribution in [3.63, 3.8) is 0 Å². The predicted octanol–water partition coefficient (Wildman–Crippen LogP) is 0.0571. The summed E-state index contributed by atoms with van der Waals surface area (Å²) in [6.45, 7) is 2.54. The van der Waals surface area contributed by atoms with Gasteiger partial charge in [0, 0.05) is 0 Å². The lowest BCUT2D eigenvalue weighted by Crippen LogP contribution is -2.44. The molecule has 2 aliphatic rings. The number of carbonyl (C=O) groups excluding carboxylic acids is 1. The molecule has 4 atom stereocenters. The molecule has 0 radical (unpaired) electrons. The number of rotatable bonds is 3. The lowest BCUT2D eigenvalue weighted by atomic mass is 10.1. The third-order valence-electron chi connectivity index (χ3n) is 4.40. The highest BCUT2D eigenvalue weighted by Crippen LogP contribution is 2.27. The van der Waals surface area contributed by atoms with Gasteiger partial charge in [-0.1, -0.05) is 6.07 Å². The summed E-state index contributed by atoms with van der Waals surface area (Å²) in [5, 5.41) is 12.7. The molecule has 7 heteroatoms. The van der Waals surface area contributed by atoms with E-state index < -0.39 is 6.10 Å². The van der Waals surface area contributed by atoms with Crippen molar-refractivity contribution in [1.82, 2.24) is 15.3 Å². The van der Waals surface area contributed by atoms with E-state index in [1.807, 2.05) is 25.1 Å². The minimum Gasteiger partial charge on any atom is -0.388 e. The first-order valence-electron chi connectivity index (χ1n) is 7.76. The third-order valence-corrected chi connectivity index (χ3v) is 4.40. The molecule has 122 valence electrons. The van der Waals surface area contributed by atoms with Crippen molar-refractivity contribution in [3.8, 4) is 0 Å². The lowest BCUT2D eigenvalue weighted by Gasteiger charge is -2.17. The van der Waals surface area contributed by atoms with E-state index in [-0.39, 0.29) is 37.2 Å². The van der Waals surface area contributed by atoms with Gasteiger partial charge in [-0.2, -0.15) is 0 Å². The summed E-state index contributed by atoms with van der Waals surface area (Å²) >= 11 is 0. The topological polar surface area (TPSA) is 96.5 Å². The van der Waals surface area contributed by atoms with Gasteiger partial charge < -0.3 is 24.9 Å². The second-order valence-electron chi connectivity index (χ2n) is 6.19. The van der Waals surface area contributed by atoms with Crippen LogP contribution in [0.25, 0.3) is 11.0 Å². The molecule has 0 aliphatic carbocycles. The highest BCUT2D eigenvalue weighted by atomic mass is 16.6. The molecule has 4 rings (SSSR count). The van der Waals surface area contributed by atoms with Gasteiger partial charge in [-0.25, -0.2) is 4.98 Å². The van der Waals surface area contributed by atoms with Crippen LogP contribution in [0, 0.1) is 6.92 Å². The molecular weight excluding hydrogens is 298 g/mol. The first-order chi connectivity index (χ1) is 11.1. The zero-order chi connectivity index (χ0) is 16.0. The van der Waals surface area contributed by atoms with E-state index in [2.05, 4.69) is 15.3 Å². The molecule has 1 aromatic heterocycles. The highest BCUT2D eigenvalue weighted by Gasteiger charge is 2.47. The van der Waals surface area contributed by atoms with Gasteiger partial charge in [0.2, 0.25) is 5.91 Å². The number of hydrogen-bond donors (Lipinski definition) is 3. The molecule has 23 heavy (non-hydrogen) atoms. The zero-order valence-corrected chi connectivity index (χ0v) is 12.8. The largest absolute Gasteiger partial charge is 0.388 e. The number of benzene rings is 1. The minimum absolute atomic E-state index is 0.0835. The summed E-state index contributed by atoms with van der Waals surface area (Å²) in [5.74, 6) is 0.771. The Morgan fingerprint density at radius 3 is 3.09 bits per heavy atom. The maximum atomic E-state index is 12.3. The predicted molar refractivity (Wildman–Crippen MR) is 82.0 cm³/mol. The van der Waals surface area contributed by atoms with E-state index in [0.29, 0.717) is 6.61 Å². The SMILES string of the molecule is Cc1nc2ccc(CC(=O)N[C@@H]3CO[C@H]4[C@@H]3OC[C@H]4O)cc2[nH]1. The van der Waals surface area contributed by atoms with Crippen LogP contribution in [0.3, 0.4) is 0 Å². The van der Waals surface area contributed by atoms with Crippen LogP contribution in [0.5, 0.6) is 0 Å². The van der Waals surface area contributed by atoms with Crippen LogP contribution < -0.4 is 5.32 Å². The number of amides is 1. The molecule has 2 aromatic rings. The molecule has 3 N–H and O–H groups in total. The van der Waals surface area contributed by atoms with Gasteiger partial charge in [-0.3, -0.25) is 4.79 Å². The molecule has 0 unspecified atom stereocenters. The van der Waals surface area contributed by atoms with Crippen molar-refractivity contribution in [3.05, 3.63) is 29.6 Å². The van der Waals surface area contributed by atoms with E-state index in [1.54, 1.807) is 0 Å². The highest BCUT2D eigenvalue weighted by molar-refractivity contribution is 5.82. The van der Waals surface area contributed by atoms with Crippen molar-refractivity contribution in [2.45, 2.75) is 37.7 Å². The number of aryl methyl sites for hydroxylation is 1. The molecule has 1 amide bonds. The Bertz CT molecular complexity index is 744. The summed E-state index contributed by atoms with van der Waals surface area (Å²) in [4.78, 5) is 19.8. The molecule has 2 fully saturated rings. The summed E-state index contributed by atoms with van der Waals surface area (Å²) < 4.78 is 11.0. The first kappa shape index (κ1) is 14.6. The van der Waals surface area contributed by atoms with Crippen LogP contribution in [0.15, 0.2) is 18.2 Å². The summed E-state index contributed by atoms with van der Waals surface area (Å²) in [6, 6.07) is 5.56. The number of hydrogen-bond acceptors (Lipinski definition) is 5. The number of ether oxygens (including phenoxy) is 2. The van der Waals surface area contributed by atoms with Crippen LogP contribution >= 0.6 is 0 Å². The van der Waals surface area contributed by atoms with Crippen LogP contribution in [0.1, 0.15) is 11.4 Å². The van der Waals surface area contributed by atoms with Crippen molar-refractivity contribution in [2.75, 3.05) is 13.2 Å². The lowest BCUT2D eigenvalue weighted by molar-refractivity contribution is -0.121. The Morgan fingerprint density at radius 1 is 1.39 bits per heavy atom. The van der Waals surface area contributed by atoms with Gasteiger partial charge in [-0.15, -0.1) is 0 Å². The smallest absolute Gasteiger partial charge is 0.224 e. The van der Waals surface area contributed by atoms with Gasteiger partial charge in [0.25, 0.3) is 0 Å². The summed E-state index contributed by atoms with van der Waals surface area (Å²) in [6.07, 6.45) is -0.908. The van der Waals surface area contributed by atoms with Crippen molar-refractivity contribution < 1.29 is 19.4 Å². The fourth-order valence-corrected chi connectivity index (χ4v) is 3.34. The second-order valence-corrected chi connectivity index (χ2v) is 6.19. The number of nitrogens with zero attached hydrogens (tertiary/aromatic N) is 1. The third kappa shape index (κ3) is 2.71. The zero-order valence-electron chi connectivity index (χ0n) is 12.8. The van der Waals surface area contributed by atoms with Gasteiger partial charge in [0.1, 0.15) is 24.1 Å². The average Bonchev–Trinajstić information content (AvgIpc) is 3.16. The fourth-order valence-electron chi connectivity index (χ4n) is 3.34. The summed E-state index contributed by atoms with van der Waals surface area (Å²) in [5.41, 5.74) is 2.74. The number of aromatic amines is 1. The Morgan fingerprint density at radius 2 is 2.22 bits per heavy atom. The minimum atomic E-state index is -0.604. The van der Waals surface area contributed by atoms with E-state index in [4.69, 9.17) is 9.47 Å². The van der Waals surface area contributed by atoms with E-state index in [0.717, 1.165) is 22.4 Å². The van der Waals surface area contributed by atoms with Crippen LogP contribution in [0.2, 0.25) is 0 Å². The van der Waals surface area contributed by atoms with E-state index >= 15 is 0 Å². The van der Waals surface area contributed by atoms with Gasteiger partial charge in [-0.05, 0) is 24.6 Å². The van der Waals surface area contributed by atoms with E-state index in [9.17, 15) is 9.90 Å². The maximum Gasteiger partial charge on any atom is 0.224 e. The second kappa shape index (κ2) is 5.59. The molecule has 0 saturated carbocycles. The molecule has 7 nitrogen and oxygen atoms in total. The van der Waals surface area contributed by atoms with Crippen LogP contribution in [-0.4, -0.2) is 58.5 Å².